The lowest BCUT2D eigenvalue weighted by Gasteiger charge is -2.38. The maximum absolute atomic E-state index is 10.5. The number of ether oxygens (including phenoxy) is 4. The average molecular weight is 501 g/mol. The van der Waals surface area contributed by atoms with Gasteiger partial charge in [-0.05, 0) is 32.5 Å². The first-order valence-electron chi connectivity index (χ1n) is 11.5. The zero-order valence-electron chi connectivity index (χ0n) is 19.6. The number of aliphatic hydroxyl groups is 1. The van der Waals surface area contributed by atoms with Crippen LogP contribution in [-0.2, 0) is 18.9 Å². The van der Waals surface area contributed by atoms with E-state index in [1.165, 1.54) is 0 Å². The Morgan fingerprint density at radius 1 is 1.33 bits per heavy atom. The first kappa shape index (κ1) is 25.0. The maximum atomic E-state index is 10.5. The molecule has 3 heterocycles. The standard InChI is InChI=1S/C23H34ClN2O6P/c1-5-15(11-28-4)32-23(27)25-18-12-30-21-16(18)8-17(22-29-6-7-33-22)20(19(21)24)26-9-13(2)31-14(3)10-26/h8,12-15,22-23,25,27,33H,5-7,9-11H2,1-4H3/t13-,14-,15?,22?,23?/m1/s1. The van der Waals surface area contributed by atoms with Gasteiger partial charge in [-0.25, -0.2) is 0 Å². The number of aliphatic hydroxyl groups excluding tert-OH is 1. The minimum absolute atomic E-state index is 0.00884. The monoisotopic (exact) mass is 500 g/mol. The fraction of sp³-hybridized carbons (Fsp3) is 0.652. The number of halogens is 1. The molecule has 2 aromatic rings. The largest absolute Gasteiger partial charge is 0.460 e. The fourth-order valence-electron chi connectivity index (χ4n) is 4.55. The van der Waals surface area contributed by atoms with Gasteiger partial charge in [-0.1, -0.05) is 27.1 Å². The SMILES string of the molecule is CCC(COC)OC(O)Nc1coc2c(Cl)c(N3C[C@@H](C)O[C@H](C)C3)c(C3OCCP3)cc12. The van der Waals surface area contributed by atoms with Crippen LogP contribution in [0.4, 0.5) is 11.4 Å². The molecule has 0 aliphatic carbocycles. The number of anilines is 2. The summed E-state index contributed by atoms with van der Waals surface area (Å²) >= 11 is 6.99. The third-order valence-corrected chi connectivity index (χ3v) is 7.64. The Kier molecular flexibility index (Phi) is 8.39. The van der Waals surface area contributed by atoms with Crippen molar-refractivity contribution in [3.63, 3.8) is 0 Å². The number of furan rings is 1. The number of hydrogen-bond acceptors (Lipinski definition) is 8. The molecule has 1 aromatic carbocycles. The van der Waals surface area contributed by atoms with E-state index in [4.69, 9.17) is 35.0 Å². The second-order valence-corrected chi connectivity index (χ2v) is 10.5. The van der Waals surface area contributed by atoms with Crippen LogP contribution in [0, 0.1) is 0 Å². The molecule has 0 saturated carbocycles. The summed E-state index contributed by atoms with van der Waals surface area (Å²) in [4.78, 5) is 2.28. The molecule has 4 unspecified atom stereocenters. The van der Waals surface area contributed by atoms with Gasteiger partial charge in [0.2, 0.25) is 6.41 Å². The van der Waals surface area contributed by atoms with Crippen molar-refractivity contribution in [2.45, 2.75) is 57.8 Å². The zero-order valence-corrected chi connectivity index (χ0v) is 21.4. The van der Waals surface area contributed by atoms with Gasteiger partial charge in [-0.15, -0.1) is 0 Å². The highest BCUT2D eigenvalue weighted by molar-refractivity contribution is 7.38. The van der Waals surface area contributed by atoms with Gasteiger partial charge >= 0.3 is 0 Å². The average Bonchev–Trinajstić information content (AvgIpc) is 3.43. The Balaban J connectivity index is 1.68. The smallest absolute Gasteiger partial charge is 0.235 e. The Hall–Kier alpha value is -1.12. The van der Waals surface area contributed by atoms with E-state index in [2.05, 4.69) is 30.1 Å². The van der Waals surface area contributed by atoms with E-state index in [0.717, 1.165) is 42.5 Å². The molecule has 0 spiro atoms. The van der Waals surface area contributed by atoms with Crippen LogP contribution in [0.3, 0.4) is 0 Å². The third-order valence-electron chi connectivity index (χ3n) is 5.95. The van der Waals surface area contributed by atoms with Gasteiger partial charge < -0.3 is 38.7 Å². The van der Waals surface area contributed by atoms with Gasteiger partial charge in [0, 0.05) is 31.1 Å². The molecule has 33 heavy (non-hydrogen) atoms. The summed E-state index contributed by atoms with van der Waals surface area (Å²) in [6.45, 7) is 8.76. The Labute approximate surface area is 201 Å². The van der Waals surface area contributed by atoms with Crippen LogP contribution in [0.15, 0.2) is 16.7 Å². The van der Waals surface area contributed by atoms with Crippen molar-refractivity contribution >= 4 is 42.5 Å². The van der Waals surface area contributed by atoms with E-state index in [0.29, 0.717) is 37.9 Å². The van der Waals surface area contributed by atoms with Gasteiger partial charge in [-0.3, -0.25) is 0 Å². The van der Waals surface area contributed by atoms with Crippen molar-refractivity contribution in [1.29, 1.82) is 0 Å². The predicted molar refractivity (Wildman–Crippen MR) is 132 cm³/mol. The van der Waals surface area contributed by atoms with Gasteiger partial charge in [0.05, 0.1) is 42.9 Å². The molecule has 2 aliphatic heterocycles. The van der Waals surface area contributed by atoms with Crippen LogP contribution in [-0.4, -0.2) is 69.4 Å². The van der Waals surface area contributed by atoms with Crippen LogP contribution in [0.2, 0.25) is 5.02 Å². The lowest BCUT2D eigenvalue weighted by molar-refractivity contribution is -0.133. The number of rotatable bonds is 9. The van der Waals surface area contributed by atoms with Crippen LogP contribution in [0.1, 0.15) is 38.6 Å². The van der Waals surface area contributed by atoms with E-state index in [1.54, 1.807) is 13.4 Å². The molecule has 8 nitrogen and oxygen atoms in total. The first-order valence-corrected chi connectivity index (χ1v) is 13.2. The molecule has 2 aliphatic rings. The van der Waals surface area contributed by atoms with Crippen LogP contribution < -0.4 is 10.2 Å². The normalized spacial score (nSPS) is 26.2. The number of hydrogen-bond donors (Lipinski definition) is 2. The highest BCUT2D eigenvalue weighted by atomic mass is 35.5. The number of benzene rings is 1. The Morgan fingerprint density at radius 2 is 2.09 bits per heavy atom. The zero-order chi connectivity index (χ0) is 23.5. The molecular formula is C23H34ClN2O6P. The van der Waals surface area contributed by atoms with E-state index < -0.39 is 6.41 Å². The van der Waals surface area contributed by atoms with Gasteiger partial charge in [0.1, 0.15) is 17.1 Å². The third kappa shape index (κ3) is 5.59. The van der Waals surface area contributed by atoms with Crippen molar-refractivity contribution < 1.29 is 28.5 Å². The van der Waals surface area contributed by atoms with Crippen LogP contribution in [0.25, 0.3) is 11.0 Å². The number of nitrogens with one attached hydrogen (secondary N) is 1. The topological polar surface area (TPSA) is 85.6 Å². The van der Waals surface area contributed by atoms with E-state index in [1.807, 2.05) is 6.92 Å². The quantitative estimate of drug-likeness (QED) is 0.383. The first-order chi connectivity index (χ1) is 15.9. The molecule has 2 N–H and O–H groups in total. The summed E-state index contributed by atoms with van der Waals surface area (Å²) in [6, 6.07) is 2.08. The predicted octanol–water partition coefficient (Wildman–Crippen LogP) is 4.54. The van der Waals surface area contributed by atoms with E-state index in [9.17, 15) is 5.11 Å². The minimum atomic E-state index is -1.21. The van der Waals surface area contributed by atoms with Crippen LogP contribution in [0.5, 0.6) is 0 Å². The molecule has 1 aromatic heterocycles. The molecular weight excluding hydrogens is 467 g/mol. The Bertz CT molecular complexity index is 927. The van der Waals surface area contributed by atoms with Crippen molar-refractivity contribution in [1.82, 2.24) is 0 Å². The van der Waals surface area contributed by atoms with Crippen molar-refractivity contribution in [3.8, 4) is 0 Å². The van der Waals surface area contributed by atoms with Gasteiger partial charge in [0.15, 0.2) is 5.58 Å². The number of fused-ring (bicyclic) bond motifs is 1. The van der Waals surface area contributed by atoms with Crippen molar-refractivity contribution in [3.05, 3.63) is 22.9 Å². The van der Waals surface area contributed by atoms with Gasteiger partial charge in [0.25, 0.3) is 0 Å². The van der Waals surface area contributed by atoms with E-state index in [-0.39, 0.29) is 24.2 Å². The molecule has 0 amide bonds. The second kappa shape index (κ2) is 11.1. The van der Waals surface area contributed by atoms with Crippen molar-refractivity contribution in [2.24, 2.45) is 0 Å². The summed E-state index contributed by atoms with van der Waals surface area (Å²) in [5.41, 5.74) is 3.19. The molecule has 2 saturated heterocycles. The van der Waals surface area contributed by atoms with E-state index >= 15 is 0 Å². The van der Waals surface area contributed by atoms with Crippen molar-refractivity contribution in [2.75, 3.05) is 49.8 Å². The molecule has 0 bridgehead atoms. The fourth-order valence-corrected chi connectivity index (χ4v) is 6.09. The summed E-state index contributed by atoms with van der Waals surface area (Å²) in [6.07, 6.45) is 2.08. The number of morpholine rings is 1. The summed E-state index contributed by atoms with van der Waals surface area (Å²) in [7, 11) is 2.27. The lowest BCUT2D eigenvalue weighted by atomic mass is 10.1. The molecule has 10 heteroatoms. The maximum Gasteiger partial charge on any atom is 0.235 e. The minimum Gasteiger partial charge on any atom is -0.460 e. The number of methoxy groups -OCH3 is 1. The van der Waals surface area contributed by atoms with Gasteiger partial charge in [-0.2, -0.15) is 0 Å². The summed E-state index contributed by atoms with van der Waals surface area (Å²) in [5.74, 6) is -0.00884. The van der Waals surface area contributed by atoms with Crippen LogP contribution >= 0.6 is 20.2 Å². The molecule has 2 fully saturated rings. The highest BCUT2D eigenvalue weighted by Gasteiger charge is 2.32. The molecule has 6 atom stereocenters. The molecule has 184 valence electrons. The Morgan fingerprint density at radius 3 is 2.73 bits per heavy atom. The number of nitrogens with zero attached hydrogens (tertiary/aromatic N) is 1. The summed E-state index contributed by atoms with van der Waals surface area (Å²) < 4.78 is 28.7. The molecule has 4 rings (SSSR count). The molecule has 0 radical (unpaired) electrons. The highest BCUT2D eigenvalue weighted by Crippen LogP contribution is 2.50. The second-order valence-electron chi connectivity index (χ2n) is 8.64. The summed E-state index contributed by atoms with van der Waals surface area (Å²) in [5, 5.41) is 14.8. The lowest BCUT2D eigenvalue weighted by Crippen LogP contribution is -2.46.